The largest absolute Gasteiger partial charge is 0.352 e. The summed E-state index contributed by atoms with van der Waals surface area (Å²) < 4.78 is 13.3. The number of benzene rings is 1. The molecule has 0 atom stereocenters. The van der Waals surface area contributed by atoms with Crippen LogP contribution in [0.4, 0.5) is 4.39 Å². The second-order valence-electron chi connectivity index (χ2n) is 5.85. The van der Waals surface area contributed by atoms with Crippen molar-refractivity contribution >= 4 is 30.1 Å². The highest BCUT2D eigenvalue weighted by Gasteiger charge is 2.14. The van der Waals surface area contributed by atoms with Crippen LogP contribution in [0.2, 0.25) is 0 Å². The molecule has 6 heteroatoms. The summed E-state index contributed by atoms with van der Waals surface area (Å²) in [6, 6.07) is 4.79. The minimum atomic E-state index is -0.218. The molecule has 0 bridgehead atoms. The summed E-state index contributed by atoms with van der Waals surface area (Å²) in [6.45, 7) is 2.63. The first-order valence-corrected chi connectivity index (χ1v) is 9.32. The van der Waals surface area contributed by atoms with Crippen LogP contribution >= 0.6 is 24.2 Å². The zero-order valence-corrected chi connectivity index (χ0v) is 15.2. The highest BCUT2D eigenvalue weighted by Crippen LogP contribution is 2.18. The smallest absolute Gasteiger partial charge is 0.220 e. The molecule has 0 aromatic heterocycles. The van der Waals surface area contributed by atoms with E-state index in [9.17, 15) is 9.18 Å². The molecule has 0 saturated carbocycles. The van der Waals surface area contributed by atoms with Gasteiger partial charge in [0, 0.05) is 18.7 Å². The zero-order chi connectivity index (χ0) is 15.8. The topological polar surface area (TPSA) is 41.1 Å². The van der Waals surface area contributed by atoms with Crippen LogP contribution in [0.5, 0.6) is 0 Å². The maximum atomic E-state index is 13.3. The number of carbonyl (C=O) groups is 1. The summed E-state index contributed by atoms with van der Waals surface area (Å²) in [5, 5.41) is 6.31. The van der Waals surface area contributed by atoms with E-state index in [0.717, 1.165) is 36.4 Å². The lowest BCUT2D eigenvalue weighted by Crippen LogP contribution is -2.29. The summed E-state index contributed by atoms with van der Waals surface area (Å²) in [4.78, 5) is 12.0. The molecule has 3 nitrogen and oxygen atoms in total. The fraction of sp³-hybridized carbons (Fsp3) is 0.588. The van der Waals surface area contributed by atoms with Crippen molar-refractivity contribution in [2.75, 3.05) is 19.3 Å². The standard InChI is InChI=1S/C17H25FN2OS.ClH/c1-22-12-15-10-16(18)4-3-14(15)11-20-17(21)5-2-13-6-8-19-9-7-13;/h3-4,10,13,19H,2,5-9,11-12H2,1H3,(H,20,21);1H. The van der Waals surface area contributed by atoms with Crippen molar-refractivity contribution in [2.24, 2.45) is 5.92 Å². The van der Waals surface area contributed by atoms with E-state index in [-0.39, 0.29) is 24.1 Å². The van der Waals surface area contributed by atoms with E-state index in [4.69, 9.17) is 0 Å². The van der Waals surface area contributed by atoms with Gasteiger partial charge in [0.15, 0.2) is 0 Å². The average Bonchev–Trinajstić information content (AvgIpc) is 2.53. The summed E-state index contributed by atoms with van der Waals surface area (Å²) in [5.41, 5.74) is 1.97. The molecule has 1 saturated heterocycles. The molecule has 0 spiro atoms. The molecule has 1 aliphatic rings. The monoisotopic (exact) mass is 360 g/mol. The van der Waals surface area contributed by atoms with Crippen LogP contribution in [0, 0.1) is 11.7 Å². The average molecular weight is 361 g/mol. The van der Waals surface area contributed by atoms with Crippen LogP contribution in [0.1, 0.15) is 36.8 Å². The molecule has 1 aromatic carbocycles. The fourth-order valence-electron chi connectivity index (χ4n) is 2.84. The van der Waals surface area contributed by atoms with E-state index in [1.165, 1.54) is 18.9 Å². The van der Waals surface area contributed by atoms with Crippen LogP contribution < -0.4 is 10.6 Å². The third-order valence-corrected chi connectivity index (χ3v) is 4.78. The Labute approximate surface area is 148 Å². The molecule has 2 N–H and O–H groups in total. The first kappa shape index (κ1) is 20.3. The number of carbonyl (C=O) groups excluding carboxylic acids is 1. The molecule has 1 fully saturated rings. The molecule has 0 aliphatic carbocycles. The van der Waals surface area contributed by atoms with Gasteiger partial charge < -0.3 is 10.6 Å². The van der Waals surface area contributed by atoms with Gasteiger partial charge in [-0.2, -0.15) is 11.8 Å². The van der Waals surface area contributed by atoms with Crippen LogP contribution in [0.25, 0.3) is 0 Å². The molecular weight excluding hydrogens is 335 g/mol. The van der Waals surface area contributed by atoms with Gasteiger partial charge >= 0.3 is 0 Å². The van der Waals surface area contributed by atoms with Crippen molar-refractivity contribution in [1.29, 1.82) is 0 Å². The fourth-order valence-corrected chi connectivity index (χ4v) is 3.42. The van der Waals surface area contributed by atoms with Gasteiger partial charge in [0.1, 0.15) is 5.82 Å². The molecule has 1 aliphatic heterocycles. The van der Waals surface area contributed by atoms with E-state index in [1.807, 2.05) is 6.26 Å². The van der Waals surface area contributed by atoms with Gasteiger partial charge in [-0.15, -0.1) is 12.4 Å². The SMILES string of the molecule is CSCc1cc(F)ccc1CNC(=O)CCC1CCNCC1.Cl. The third kappa shape index (κ3) is 7.10. The van der Waals surface area contributed by atoms with Crippen LogP contribution in [0.15, 0.2) is 18.2 Å². The molecule has 0 unspecified atom stereocenters. The number of hydrogen-bond acceptors (Lipinski definition) is 3. The number of rotatable bonds is 7. The molecule has 1 aromatic rings. The van der Waals surface area contributed by atoms with E-state index >= 15 is 0 Å². The second-order valence-corrected chi connectivity index (χ2v) is 6.72. The van der Waals surface area contributed by atoms with Gasteiger partial charge in [0.05, 0.1) is 0 Å². The van der Waals surface area contributed by atoms with Gasteiger partial charge in [0.25, 0.3) is 0 Å². The van der Waals surface area contributed by atoms with Crippen LogP contribution in [-0.4, -0.2) is 25.3 Å². The quantitative estimate of drug-likeness (QED) is 0.781. The molecular formula is C17H26ClFN2OS. The lowest BCUT2D eigenvalue weighted by molar-refractivity contribution is -0.121. The molecule has 0 radical (unpaired) electrons. The Hall–Kier alpha value is -0.780. The van der Waals surface area contributed by atoms with Crippen molar-refractivity contribution in [1.82, 2.24) is 10.6 Å². The van der Waals surface area contributed by atoms with Gasteiger partial charge in [-0.25, -0.2) is 4.39 Å². The van der Waals surface area contributed by atoms with Crippen molar-refractivity contribution < 1.29 is 9.18 Å². The number of thioether (sulfide) groups is 1. The number of nitrogens with one attached hydrogen (secondary N) is 2. The Kier molecular flexibility index (Phi) is 9.60. The van der Waals surface area contributed by atoms with E-state index < -0.39 is 0 Å². The van der Waals surface area contributed by atoms with Gasteiger partial charge in [-0.3, -0.25) is 4.79 Å². The highest BCUT2D eigenvalue weighted by atomic mass is 35.5. The lowest BCUT2D eigenvalue weighted by atomic mass is 9.93. The molecule has 2 rings (SSSR count). The van der Waals surface area contributed by atoms with Crippen molar-refractivity contribution in [3.05, 3.63) is 35.1 Å². The Morgan fingerprint density at radius 1 is 1.35 bits per heavy atom. The van der Waals surface area contributed by atoms with E-state index in [2.05, 4.69) is 10.6 Å². The van der Waals surface area contributed by atoms with Crippen molar-refractivity contribution in [3.63, 3.8) is 0 Å². The predicted octanol–water partition coefficient (Wildman–Crippen LogP) is 3.51. The normalized spacial score (nSPS) is 15.0. The Morgan fingerprint density at radius 3 is 2.78 bits per heavy atom. The summed E-state index contributed by atoms with van der Waals surface area (Å²) in [5.74, 6) is 1.31. The first-order valence-electron chi connectivity index (χ1n) is 7.92. The summed E-state index contributed by atoms with van der Waals surface area (Å²) in [7, 11) is 0. The maximum absolute atomic E-state index is 13.3. The van der Waals surface area contributed by atoms with Crippen LogP contribution in [0.3, 0.4) is 0 Å². The van der Waals surface area contributed by atoms with E-state index in [1.54, 1.807) is 23.9 Å². The summed E-state index contributed by atoms with van der Waals surface area (Å²) >= 11 is 1.66. The first-order chi connectivity index (χ1) is 10.7. The molecule has 23 heavy (non-hydrogen) atoms. The zero-order valence-electron chi connectivity index (χ0n) is 13.6. The summed E-state index contributed by atoms with van der Waals surface area (Å²) in [6.07, 6.45) is 5.89. The molecule has 1 heterocycles. The number of halogens is 2. The number of amides is 1. The third-order valence-electron chi connectivity index (χ3n) is 4.18. The number of piperidine rings is 1. The van der Waals surface area contributed by atoms with Crippen molar-refractivity contribution in [3.8, 4) is 0 Å². The number of hydrogen-bond donors (Lipinski definition) is 2. The molecule has 1 amide bonds. The minimum absolute atomic E-state index is 0. The van der Waals surface area contributed by atoms with Gasteiger partial charge in [0.2, 0.25) is 5.91 Å². The Morgan fingerprint density at radius 2 is 2.09 bits per heavy atom. The van der Waals surface area contributed by atoms with Gasteiger partial charge in [-0.1, -0.05) is 6.07 Å². The van der Waals surface area contributed by atoms with Crippen LogP contribution in [-0.2, 0) is 17.1 Å². The second kappa shape index (κ2) is 10.9. The highest BCUT2D eigenvalue weighted by molar-refractivity contribution is 7.97. The van der Waals surface area contributed by atoms with E-state index in [0.29, 0.717) is 18.9 Å². The Bertz CT molecular complexity index is 495. The lowest BCUT2D eigenvalue weighted by Gasteiger charge is -2.22. The minimum Gasteiger partial charge on any atom is -0.352 e. The predicted molar refractivity (Wildman–Crippen MR) is 97.5 cm³/mol. The molecule has 130 valence electrons. The van der Waals surface area contributed by atoms with Crippen molar-refractivity contribution in [2.45, 2.75) is 38.0 Å². The van der Waals surface area contributed by atoms with Gasteiger partial charge in [-0.05, 0) is 67.8 Å². The Balaban J connectivity index is 0.00000264. The maximum Gasteiger partial charge on any atom is 0.220 e.